The molecule has 1 N–H and O–H groups in total. The van der Waals surface area contributed by atoms with Crippen LogP contribution in [0.1, 0.15) is 26.1 Å². The van der Waals surface area contributed by atoms with Gasteiger partial charge in [0.15, 0.2) is 0 Å². The van der Waals surface area contributed by atoms with Gasteiger partial charge in [-0.2, -0.15) is 0 Å². The number of amides is 1. The molecule has 152 valence electrons. The van der Waals surface area contributed by atoms with Gasteiger partial charge in [-0.3, -0.25) is 4.79 Å². The zero-order chi connectivity index (χ0) is 20.5. The Kier molecular flexibility index (Phi) is 5.37. The number of aromatic nitrogens is 3. The number of pyridine rings is 1. The molecule has 0 radical (unpaired) electrons. The van der Waals surface area contributed by atoms with Gasteiger partial charge >= 0.3 is 0 Å². The zero-order valence-electron chi connectivity index (χ0n) is 17.6. The first-order chi connectivity index (χ1) is 13.9. The minimum Gasteiger partial charge on any atom is -0.331 e. The van der Waals surface area contributed by atoms with Crippen LogP contribution in [0.25, 0.3) is 22.0 Å². The third-order valence-electron chi connectivity index (χ3n) is 5.76. The number of nitrogens with zero attached hydrogens (tertiary/aromatic N) is 4. The maximum absolute atomic E-state index is 12.7. The summed E-state index contributed by atoms with van der Waals surface area (Å²) >= 11 is 0. The zero-order valence-corrected chi connectivity index (χ0v) is 17.6. The van der Waals surface area contributed by atoms with Gasteiger partial charge in [0, 0.05) is 37.3 Å². The van der Waals surface area contributed by atoms with E-state index >= 15 is 0 Å². The van der Waals surface area contributed by atoms with E-state index < -0.39 is 0 Å². The van der Waals surface area contributed by atoms with E-state index in [-0.39, 0.29) is 11.8 Å². The first kappa shape index (κ1) is 19.6. The van der Waals surface area contributed by atoms with Gasteiger partial charge in [-0.1, -0.05) is 26.0 Å². The highest BCUT2D eigenvalue weighted by Gasteiger charge is 2.28. The molecular weight excluding hydrogens is 362 g/mol. The molecule has 1 atom stereocenters. The molecule has 1 saturated heterocycles. The van der Waals surface area contributed by atoms with Crippen molar-refractivity contribution in [1.29, 1.82) is 0 Å². The van der Waals surface area contributed by atoms with E-state index in [0.29, 0.717) is 11.7 Å². The lowest BCUT2D eigenvalue weighted by molar-refractivity contribution is -0.119. The Hall–Kier alpha value is -2.73. The lowest BCUT2D eigenvalue weighted by Crippen LogP contribution is -2.29. The quantitative estimate of drug-likeness (QED) is 0.717. The van der Waals surface area contributed by atoms with Crippen LogP contribution in [0, 0.1) is 18.8 Å². The number of hydrogen-bond donors (Lipinski definition) is 1. The molecule has 1 aromatic carbocycles. The highest BCUT2D eigenvalue weighted by atomic mass is 16.2. The molecule has 1 aliphatic heterocycles. The number of imidazole rings is 1. The van der Waals surface area contributed by atoms with Gasteiger partial charge in [0.1, 0.15) is 11.6 Å². The second-order valence-electron chi connectivity index (χ2n) is 8.51. The van der Waals surface area contributed by atoms with Crippen LogP contribution in [0.4, 0.5) is 5.82 Å². The van der Waals surface area contributed by atoms with E-state index in [1.165, 1.54) is 0 Å². The van der Waals surface area contributed by atoms with Crippen molar-refractivity contribution in [3.05, 3.63) is 42.5 Å². The maximum Gasteiger partial charge on any atom is 0.229 e. The minimum atomic E-state index is 0.0370. The number of carbonyl (C=O) groups excluding carboxylic acids is 1. The Balaban J connectivity index is 1.51. The molecule has 6 nitrogen and oxygen atoms in total. The summed E-state index contributed by atoms with van der Waals surface area (Å²) in [4.78, 5) is 23.9. The molecule has 29 heavy (non-hydrogen) atoms. The third kappa shape index (κ3) is 4.17. The number of anilines is 1. The normalized spacial score (nSPS) is 17.3. The first-order valence-corrected chi connectivity index (χ1v) is 10.3. The van der Waals surface area contributed by atoms with Crippen LogP contribution < -0.4 is 5.32 Å². The van der Waals surface area contributed by atoms with Gasteiger partial charge in [-0.05, 0) is 43.3 Å². The predicted molar refractivity (Wildman–Crippen MR) is 117 cm³/mol. The Morgan fingerprint density at radius 2 is 2.03 bits per heavy atom. The summed E-state index contributed by atoms with van der Waals surface area (Å²) in [5.74, 6) is 2.32. The van der Waals surface area contributed by atoms with Crippen molar-refractivity contribution < 1.29 is 4.79 Å². The maximum atomic E-state index is 12.7. The monoisotopic (exact) mass is 391 g/mol. The SMILES string of the molecule is Cc1ncc(-c2ccc3cnc(NC(=O)C4CCN(CC(C)C)C4)cc3c2)n1C. The predicted octanol–water partition coefficient (Wildman–Crippen LogP) is 3.86. The molecule has 4 rings (SSSR count). The first-order valence-electron chi connectivity index (χ1n) is 10.3. The number of nitrogens with one attached hydrogen (secondary N) is 1. The number of likely N-dealkylation sites (tertiary alicyclic amines) is 1. The molecular formula is C23H29N5O. The number of benzene rings is 1. The summed E-state index contributed by atoms with van der Waals surface area (Å²) in [6.07, 6.45) is 4.63. The lowest BCUT2D eigenvalue weighted by Gasteiger charge is -2.18. The lowest BCUT2D eigenvalue weighted by atomic mass is 10.1. The molecule has 1 unspecified atom stereocenters. The van der Waals surface area contributed by atoms with Crippen molar-refractivity contribution in [2.75, 3.05) is 25.0 Å². The van der Waals surface area contributed by atoms with Crippen LogP contribution in [-0.2, 0) is 11.8 Å². The summed E-state index contributed by atoms with van der Waals surface area (Å²) < 4.78 is 2.08. The smallest absolute Gasteiger partial charge is 0.229 e. The van der Waals surface area contributed by atoms with Crippen molar-refractivity contribution in [2.24, 2.45) is 18.9 Å². The summed E-state index contributed by atoms with van der Waals surface area (Å²) in [5.41, 5.74) is 2.17. The molecule has 1 fully saturated rings. The Bertz CT molecular complexity index is 1040. The Labute approximate surface area is 172 Å². The summed E-state index contributed by atoms with van der Waals surface area (Å²) in [6.45, 7) is 9.30. The van der Waals surface area contributed by atoms with E-state index in [1.807, 2.05) is 32.4 Å². The van der Waals surface area contributed by atoms with Gasteiger partial charge in [0.25, 0.3) is 0 Å². The fourth-order valence-electron chi connectivity index (χ4n) is 4.10. The summed E-state index contributed by atoms with van der Waals surface area (Å²) in [6, 6.07) is 8.23. The second kappa shape index (κ2) is 7.95. The van der Waals surface area contributed by atoms with E-state index in [4.69, 9.17) is 0 Å². The van der Waals surface area contributed by atoms with Crippen LogP contribution in [0.15, 0.2) is 36.7 Å². The Morgan fingerprint density at radius 1 is 1.21 bits per heavy atom. The van der Waals surface area contributed by atoms with Crippen LogP contribution in [-0.4, -0.2) is 45.0 Å². The molecule has 3 aromatic rings. The Morgan fingerprint density at radius 3 is 2.76 bits per heavy atom. The van der Waals surface area contributed by atoms with Crippen LogP contribution >= 0.6 is 0 Å². The number of carbonyl (C=O) groups is 1. The van der Waals surface area contributed by atoms with Gasteiger partial charge in [-0.25, -0.2) is 9.97 Å². The highest BCUT2D eigenvalue weighted by molar-refractivity contribution is 5.95. The molecule has 1 aliphatic rings. The van der Waals surface area contributed by atoms with E-state index in [0.717, 1.165) is 53.9 Å². The number of fused-ring (bicyclic) bond motifs is 1. The molecule has 0 aliphatic carbocycles. The molecule has 0 spiro atoms. The number of rotatable bonds is 5. The standard InChI is InChI=1S/C23H29N5O/c1-15(2)13-28-8-7-19(14-28)23(29)26-22-10-20-9-17(5-6-18(20)11-25-22)21-12-24-16(3)27(21)4/h5-6,9-12,15,19H,7-8,13-14H2,1-4H3,(H,25,26,29). The largest absolute Gasteiger partial charge is 0.331 e. The fraction of sp³-hybridized carbons (Fsp3) is 0.435. The highest BCUT2D eigenvalue weighted by Crippen LogP contribution is 2.26. The molecule has 2 aromatic heterocycles. The minimum absolute atomic E-state index is 0.0370. The second-order valence-corrected chi connectivity index (χ2v) is 8.51. The van der Waals surface area contributed by atoms with Crippen LogP contribution in [0.3, 0.4) is 0 Å². The topological polar surface area (TPSA) is 63.1 Å². The number of aryl methyl sites for hydroxylation is 1. The molecule has 0 bridgehead atoms. The fourth-order valence-corrected chi connectivity index (χ4v) is 4.10. The van der Waals surface area contributed by atoms with Gasteiger partial charge in [0.05, 0.1) is 17.8 Å². The van der Waals surface area contributed by atoms with Crippen molar-refractivity contribution >= 4 is 22.5 Å². The van der Waals surface area contributed by atoms with E-state index in [2.05, 4.69) is 56.8 Å². The third-order valence-corrected chi connectivity index (χ3v) is 5.76. The average molecular weight is 392 g/mol. The van der Waals surface area contributed by atoms with Crippen LogP contribution in [0.2, 0.25) is 0 Å². The van der Waals surface area contributed by atoms with E-state index in [1.54, 1.807) is 0 Å². The molecule has 6 heteroatoms. The average Bonchev–Trinajstić information content (AvgIpc) is 3.28. The molecule has 1 amide bonds. The van der Waals surface area contributed by atoms with Gasteiger partial charge in [0.2, 0.25) is 5.91 Å². The van der Waals surface area contributed by atoms with E-state index in [9.17, 15) is 4.79 Å². The van der Waals surface area contributed by atoms with Gasteiger partial charge in [-0.15, -0.1) is 0 Å². The van der Waals surface area contributed by atoms with Gasteiger partial charge < -0.3 is 14.8 Å². The molecule has 3 heterocycles. The van der Waals surface area contributed by atoms with Crippen molar-refractivity contribution in [1.82, 2.24) is 19.4 Å². The van der Waals surface area contributed by atoms with Crippen molar-refractivity contribution in [3.8, 4) is 11.3 Å². The summed E-state index contributed by atoms with van der Waals surface area (Å²) in [7, 11) is 2.02. The molecule has 0 saturated carbocycles. The number of hydrogen-bond acceptors (Lipinski definition) is 4. The summed E-state index contributed by atoms with van der Waals surface area (Å²) in [5, 5.41) is 5.14. The van der Waals surface area contributed by atoms with Crippen molar-refractivity contribution in [3.63, 3.8) is 0 Å². The van der Waals surface area contributed by atoms with Crippen LogP contribution in [0.5, 0.6) is 0 Å². The van der Waals surface area contributed by atoms with Crippen molar-refractivity contribution in [2.45, 2.75) is 27.2 Å².